The minimum Gasteiger partial charge on any atom is -0.463 e. The van der Waals surface area contributed by atoms with Crippen LogP contribution in [0, 0.1) is 0 Å². The number of carbonyl (C=O) groups excluding carboxylic acids is 1. The van der Waals surface area contributed by atoms with Gasteiger partial charge >= 0.3 is 5.97 Å². The minimum absolute atomic E-state index is 0.132. The third kappa shape index (κ3) is 2.86. The Kier molecular flexibility index (Phi) is 3.32. The van der Waals surface area contributed by atoms with Gasteiger partial charge in [-0.05, 0) is 0 Å². The zero-order chi connectivity index (χ0) is 8.10. The van der Waals surface area contributed by atoms with Gasteiger partial charge in [0, 0.05) is 20.2 Å². The lowest BCUT2D eigenvalue weighted by Crippen LogP contribution is -2.41. The van der Waals surface area contributed by atoms with Gasteiger partial charge in [-0.1, -0.05) is 0 Å². The van der Waals surface area contributed by atoms with Crippen molar-refractivity contribution in [1.82, 2.24) is 4.90 Å². The molecular formula is C7H13NO3. The first-order valence-electron chi connectivity index (χ1n) is 3.70. The summed E-state index contributed by atoms with van der Waals surface area (Å²) in [5.74, 6) is -0.132. The molecule has 0 unspecified atom stereocenters. The first-order chi connectivity index (χ1) is 5.33. The second-order valence-electron chi connectivity index (χ2n) is 2.49. The molecule has 1 saturated heterocycles. The quantitative estimate of drug-likeness (QED) is 0.520. The highest BCUT2D eigenvalue weighted by Crippen LogP contribution is 1.96. The summed E-state index contributed by atoms with van der Waals surface area (Å²) in [6, 6.07) is 0. The highest BCUT2D eigenvalue weighted by molar-refractivity contribution is 5.72. The SMILES string of the molecule is COCCN1CCOC(=O)C1. The summed E-state index contributed by atoms with van der Waals surface area (Å²) >= 11 is 0. The number of methoxy groups -OCH3 is 1. The van der Waals surface area contributed by atoms with E-state index < -0.39 is 0 Å². The average Bonchev–Trinajstić information content (AvgIpc) is 2.01. The third-order valence-corrected chi connectivity index (χ3v) is 1.63. The zero-order valence-electron chi connectivity index (χ0n) is 6.71. The Labute approximate surface area is 66.1 Å². The maximum atomic E-state index is 10.7. The fourth-order valence-corrected chi connectivity index (χ4v) is 1.01. The fraction of sp³-hybridized carbons (Fsp3) is 0.857. The predicted molar refractivity (Wildman–Crippen MR) is 39.3 cm³/mol. The van der Waals surface area contributed by atoms with E-state index in [0.29, 0.717) is 19.8 Å². The Balaban J connectivity index is 2.17. The van der Waals surface area contributed by atoms with Gasteiger partial charge in [0.25, 0.3) is 0 Å². The molecule has 0 aromatic heterocycles. The van der Waals surface area contributed by atoms with Crippen LogP contribution in [0.15, 0.2) is 0 Å². The molecule has 0 N–H and O–H groups in total. The van der Waals surface area contributed by atoms with Crippen LogP contribution in [0.4, 0.5) is 0 Å². The topological polar surface area (TPSA) is 38.8 Å². The van der Waals surface area contributed by atoms with Crippen LogP contribution >= 0.6 is 0 Å². The smallest absolute Gasteiger partial charge is 0.320 e. The third-order valence-electron chi connectivity index (χ3n) is 1.63. The van der Waals surface area contributed by atoms with Crippen LogP contribution in [0.3, 0.4) is 0 Å². The molecule has 0 saturated carbocycles. The van der Waals surface area contributed by atoms with Crippen molar-refractivity contribution < 1.29 is 14.3 Å². The molecule has 0 spiro atoms. The van der Waals surface area contributed by atoms with Gasteiger partial charge in [0.05, 0.1) is 13.2 Å². The largest absolute Gasteiger partial charge is 0.463 e. The summed E-state index contributed by atoms with van der Waals surface area (Å²) < 4.78 is 9.65. The second-order valence-corrected chi connectivity index (χ2v) is 2.49. The maximum absolute atomic E-state index is 10.7. The molecule has 1 rings (SSSR count). The summed E-state index contributed by atoms with van der Waals surface area (Å²) in [4.78, 5) is 12.8. The van der Waals surface area contributed by atoms with Crippen LogP contribution in [-0.2, 0) is 14.3 Å². The standard InChI is InChI=1S/C7H13NO3/c1-10-4-2-8-3-5-11-7(9)6-8/h2-6H2,1H3. The number of esters is 1. The second kappa shape index (κ2) is 4.31. The van der Waals surface area contributed by atoms with E-state index >= 15 is 0 Å². The normalized spacial score (nSPS) is 19.9. The monoisotopic (exact) mass is 159 g/mol. The molecule has 4 heteroatoms. The van der Waals surface area contributed by atoms with E-state index in [1.54, 1.807) is 7.11 Å². The summed E-state index contributed by atoms with van der Waals surface area (Å²) in [5.41, 5.74) is 0. The minimum atomic E-state index is -0.132. The van der Waals surface area contributed by atoms with E-state index in [-0.39, 0.29) is 5.97 Å². The van der Waals surface area contributed by atoms with Crippen molar-refractivity contribution in [3.63, 3.8) is 0 Å². The van der Waals surface area contributed by atoms with Crippen molar-refractivity contribution in [2.45, 2.75) is 0 Å². The lowest BCUT2D eigenvalue weighted by Gasteiger charge is -2.24. The Morgan fingerprint density at radius 3 is 3.18 bits per heavy atom. The summed E-state index contributed by atoms with van der Waals surface area (Å²) in [6.45, 7) is 3.24. The van der Waals surface area contributed by atoms with Gasteiger partial charge in [-0.25, -0.2) is 0 Å². The molecule has 64 valence electrons. The Morgan fingerprint density at radius 1 is 1.73 bits per heavy atom. The molecule has 1 fully saturated rings. The molecule has 0 atom stereocenters. The number of hydrogen-bond acceptors (Lipinski definition) is 4. The molecule has 11 heavy (non-hydrogen) atoms. The lowest BCUT2D eigenvalue weighted by molar-refractivity contribution is -0.150. The fourth-order valence-electron chi connectivity index (χ4n) is 1.01. The van der Waals surface area contributed by atoms with Gasteiger partial charge < -0.3 is 9.47 Å². The van der Waals surface area contributed by atoms with Crippen molar-refractivity contribution >= 4 is 5.97 Å². The Bertz CT molecular complexity index is 138. The van der Waals surface area contributed by atoms with Crippen LogP contribution in [0.2, 0.25) is 0 Å². The Morgan fingerprint density at radius 2 is 2.55 bits per heavy atom. The van der Waals surface area contributed by atoms with Gasteiger partial charge in [0.2, 0.25) is 0 Å². The van der Waals surface area contributed by atoms with E-state index in [9.17, 15) is 4.79 Å². The van der Waals surface area contributed by atoms with E-state index in [1.165, 1.54) is 0 Å². The summed E-state index contributed by atoms with van der Waals surface area (Å²) in [7, 11) is 1.66. The lowest BCUT2D eigenvalue weighted by atomic mass is 10.4. The average molecular weight is 159 g/mol. The van der Waals surface area contributed by atoms with Crippen LogP contribution < -0.4 is 0 Å². The zero-order valence-corrected chi connectivity index (χ0v) is 6.71. The summed E-state index contributed by atoms with van der Waals surface area (Å²) in [5, 5.41) is 0. The number of cyclic esters (lactones) is 1. The van der Waals surface area contributed by atoms with Gasteiger partial charge in [-0.15, -0.1) is 0 Å². The van der Waals surface area contributed by atoms with Crippen LogP contribution in [-0.4, -0.2) is 50.8 Å². The summed E-state index contributed by atoms with van der Waals surface area (Å²) in [6.07, 6.45) is 0. The van der Waals surface area contributed by atoms with Crippen LogP contribution in [0.1, 0.15) is 0 Å². The van der Waals surface area contributed by atoms with E-state index in [2.05, 4.69) is 0 Å². The van der Waals surface area contributed by atoms with Crippen molar-refractivity contribution in [3.05, 3.63) is 0 Å². The van der Waals surface area contributed by atoms with E-state index in [1.807, 2.05) is 4.90 Å². The van der Waals surface area contributed by atoms with Crippen LogP contribution in [0.5, 0.6) is 0 Å². The van der Waals surface area contributed by atoms with E-state index in [4.69, 9.17) is 9.47 Å². The molecule has 1 heterocycles. The van der Waals surface area contributed by atoms with Gasteiger partial charge in [0.15, 0.2) is 0 Å². The first kappa shape index (κ1) is 8.49. The first-order valence-corrected chi connectivity index (χ1v) is 3.70. The van der Waals surface area contributed by atoms with Crippen molar-refractivity contribution in [3.8, 4) is 0 Å². The predicted octanol–water partition coefficient (Wildman–Crippen LogP) is -0.508. The Hall–Kier alpha value is -0.610. The maximum Gasteiger partial charge on any atom is 0.320 e. The van der Waals surface area contributed by atoms with Gasteiger partial charge in [-0.3, -0.25) is 9.69 Å². The van der Waals surface area contributed by atoms with Gasteiger partial charge in [-0.2, -0.15) is 0 Å². The molecular weight excluding hydrogens is 146 g/mol. The number of morpholine rings is 1. The number of carbonyl (C=O) groups is 1. The molecule has 0 aliphatic carbocycles. The van der Waals surface area contributed by atoms with Crippen molar-refractivity contribution in [2.75, 3.05) is 40.0 Å². The number of ether oxygens (including phenoxy) is 2. The van der Waals surface area contributed by atoms with Gasteiger partial charge in [0.1, 0.15) is 6.61 Å². The molecule has 4 nitrogen and oxygen atoms in total. The molecule has 1 aliphatic rings. The van der Waals surface area contributed by atoms with E-state index in [0.717, 1.165) is 13.1 Å². The molecule has 0 aromatic carbocycles. The highest BCUT2D eigenvalue weighted by atomic mass is 16.5. The molecule has 1 aliphatic heterocycles. The van der Waals surface area contributed by atoms with Crippen molar-refractivity contribution in [2.24, 2.45) is 0 Å². The molecule has 0 amide bonds. The molecule has 0 bridgehead atoms. The number of nitrogens with zero attached hydrogens (tertiary/aromatic N) is 1. The highest BCUT2D eigenvalue weighted by Gasteiger charge is 2.16. The molecule has 0 aromatic rings. The number of rotatable bonds is 3. The molecule has 0 radical (unpaired) electrons. The number of hydrogen-bond donors (Lipinski definition) is 0. The van der Waals surface area contributed by atoms with Crippen molar-refractivity contribution in [1.29, 1.82) is 0 Å². The van der Waals surface area contributed by atoms with Crippen LogP contribution in [0.25, 0.3) is 0 Å².